The third-order valence-corrected chi connectivity index (χ3v) is 6.25. The van der Waals surface area contributed by atoms with Gasteiger partial charge in [-0.2, -0.15) is 0 Å². The average Bonchev–Trinajstić information content (AvgIpc) is 2.98. The molecule has 0 saturated carbocycles. The van der Waals surface area contributed by atoms with Crippen LogP contribution in [0.3, 0.4) is 0 Å². The maximum absolute atomic E-state index is 13.3. The highest BCUT2D eigenvalue weighted by atomic mass is 19.0. The van der Waals surface area contributed by atoms with Crippen molar-refractivity contribution < 1.29 is 19.1 Å². The molecular formula is C34H47FN6O4. The topological polar surface area (TPSA) is 173 Å². The summed E-state index contributed by atoms with van der Waals surface area (Å²) in [4.78, 5) is 47.3. The molecule has 2 aromatic carbocycles. The number of carbonyl (C=O) groups excluding carboxylic acids is 3. The highest BCUT2D eigenvalue weighted by Gasteiger charge is 2.19. The molecule has 3 aromatic rings. The Morgan fingerprint density at radius 3 is 2.33 bits per heavy atom. The van der Waals surface area contributed by atoms with Crippen LogP contribution in [0.4, 0.5) is 16.1 Å². The Hall–Kier alpha value is -5.06. The number of benzene rings is 2. The van der Waals surface area contributed by atoms with E-state index in [1.165, 1.54) is 6.92 Å². The number of aryl methyl sites for hydroxylation is 1. The number of nitrogens with two attached hydrogens (primary N) is 2. The number of amides is 1. The van der Waals surface area contributed by atoms with E-state index in [4.69, 9.17) is 21.6 Å². The molecule has 0 bridgehead atoms. The van der Waals surface area contributed by atoms with Gasteiger partial charge in [-0.05, 0) is 44.9 Å². The largest absolute Gasteiger partial charge is 0.399 e. The second-order valence-corrected chi connectivity index (χ2v) is 10.5. The van der Waals surface area contributed by atoms with Gasteiger partial charge in [-0.1, -0.05) is 49.9 Å². The molecule has 0 spiro atoms. The quantitative estimate of drug-likeness (QED) is 0.0592. The lowest BCUT2D eigenvalue weighted by Gasteiger charge is -2.19. The Bertz CT molecular complexity index is 1540. The summed E-state index contributed by atoms with van der Waals surface area (Å²) < 4.78 is 14.9. The number of halogens is 1. The molecule has 0 radical (unpaired) electrons. The van der Waals surface area contributed by atoms with Crippen molar-refractivity contribution in [3.8, 4) is 11.3 Å². The predicted molar refractivity (Wildman–Crippen MR) is 182 cm³/mol. The van der Waals surface area contributed by atoms with Crippen molar-refractivity contribution in [2.45, 2.75) is 66.5 Å². The number of rotatable bonds is 13. The number of pyridine rings is 1. The fourth-order valence-electron chi connectivity index (χ4n) is 4.30. The first-order chi connectivity index (χ1) is 21.3. The number of carbonyl (C=O) groups is 3. The molecule has 3 rings (SSSR count). The van der Waals surface area contributed by atoms with Crippen LogP contribution in [-0.4, -0.2) is 35.4 Å². The van der Waals surface area contributed by atoms with E-state index in [2.05, 4.69) is 18.7 Å². The van der Waals surface area contributed by atoms with Crippen molar-refractivity contribution in [1.29, 1.82) is 6.86 Å². The average molecular weight is 625 g/mol. The summed E-state index contributed by atoms with van der Waals surface area (Å²) in [5.41, 5.74) is 15.6. The lowest BCUT2D eigenvalue weighted by molar-refractivity contribution is -0.126. The molecule has 1 aromatic heterocycles. The lowest BCUT2D eigenvalue weighted by Crippen LogP contribution is -2.30. The van der Waals surface area contributed by atoms with Gasteiger partial charge < -0.3 is 26.7 Å². The summed E-state index contributed by atoms with van der Waals surface area (Å²) in [6, 6.07) is 14.4. The van der Waals surface area contributed by atoms with Crippen molar-refractivity contribution in [2.75, 3.05) is 11.1 Å². The Labute approximate surface area is 266 Å². The Balaban J connectivity index is 0.00000133. The first-order valence-electron chi connectivity index (χ1n) is 14.4. The van der Waals surface area contributed by atoms with Crippen LogP contribution in [-0.2, 0) is 34.4 Å². The van der Waals surface area contributed by atoms with Gasteiger partial charge in [0.2, 0.25) is 11.3 Å². The molecule has 1 amide bonds. The SMILES string of the molecule is C.C=CCCC(=O)CC(C)=O.CC(C)Nc1cn(C)c(-c2cccc(N)c2)c(CC(=O)NCc2ccc(C(=N)N)cc2)c1=O.[3H]F. The predicted octanol–water partition coefficient (Wildman–Crippen LogP) is 4.89. The fraction of sp³-hybridized carbons (Fsp3) is 0.324. The van der Waals surface area contributed by atoms with Gasteiger partial charge in [0, 0.05) is 54.6 Å². The second kappa shape index (κ2) is 19.3. The van der Waals surface area contributed by atoms with E-state index in [-0.39, 0.29) is 55.0 Å². The van der Waals surface area contributed by atoms with Gasteiger partial charge in [-0.3, -0.25) is 29.3 Å². The van der Waals surface area contributed by atoms with Gasteiger partial charge in [0.05, 0.1) is 24.2 Å². The molecule has 0 aliphatic carbocycles. The van der Waals surface area contributed by atoms with Crippen LogP contribution in [0.15, 0.2) is 72.2 Å². The van der Waals surface area contributed by atoms with Crippen molar-refractivity contribution in [2.24, 2.45) is 12.8 Å². The van der Waals surface area contributed by atoms with E-state index < -0.39 is 0 Å². The molecule has 45 heavy (non-hydrogen) atoms. The van der Waals surface area contributed by atoms with Crippen molar-refractivity contribution in [1.82, 2.24) is 9.88 Å². The van der Waals surface area contributed by atoms with Crippen LogP contribution in [0.2, 0.25) is 0 Å². The summed E-state index contributed by atoms with van der Waals surface area (Å²) in [5.74, 6) is -0.332. The number of hydrogen-bond donors (Lipinski definition) is 5. The first-order valence-corrected chi connectivity index (χ1v) is 14.0. The van der Waals surface area contributed by atoms with Crippen LogP contribution in [0.5, 0.6) is 0 Å². The molecule has 0 fully saturated rings. The molecule has 0 aliphatic rings. The monoisotopic (exact) mass is 624 g/mol. The van der Waals surface area contributed by atoms with E-state index in [1.807, 2.05) is 37.6 Å². The first kappa shape index (κ1) is 38.0. The smallest absolute Gasteiger partial charge is 0.269 e. The van der Waals surface area contributed by atoms with Gasteiger partial charge in [0.1, 0.15) is 17.4 Å². The third-order valence-electron chi connectivity index (χ3n) is 6.25. The van der Waals surface area contributed by atoms with Gasteiger partial charge >= 0.3 is 0 Å². The minimum Gasteiger partial charge on any atom is -0.399 e. The number of Topliss-reactive ketones (excluding diaryl/α,β-unsaturated/α-hetero) is 2. The summed E-state index contributed by atoms with van der Waals surface area (Å²) in [6.45, 7) is 9.10. The third kappa shape index (κ3) is 13.0. The summed E-state index contributed by atoms with van der Waals surface area (Å²) in [5, 5.41) is 13.5. The number of amidine groups is 1. The zero-order valence-electron chi connectivity index (χ0n) is 26.7. The van der Waals surface area contributed by atoms with E-state index in [0.717, 1.165) is 11.1 Å². The summed E-state index contributed by atoms with van der Waals surface area (Å²) >= 11 is 0. The Kier molecular flexibility index (Phi) is 16.3. The molecule has 1 heterocycles. The van der Waals surface area contributed by atoms with Crippen LogP contribution in [0.1, 0.15) is 64.2 Å². The second-order valence-electron chi connectivity index (χ2n) is 10.5. The van der Waals surface area contributed by atoms with E-state index in [1.54, 1.807) is 48.7 Å². The van der Waals surface area contributed by atoms with Crippen LogP contribution < -0.4 is 27.5 Å². The number of anilines is 2. The van der Waals surface area contributed by atoms with Gasteiger partial charge in [-0.25, -0.2) is 0 Å². The van der Waals surface area contributed by atoms with Crippen molar-refractivity contribution >= 4 is 34.7 Å². The number of nitrogens with zero attached hydrogens (tertiary/aromatic N) is 1. The molecule has 244 valence electrons. The molecule has 0 aliphatic heterocycles. The molecule has 11 heteroatoms. The molecule has 0 atom stereocenters. The molecule has 10 nitrogen and oxygen atoms in total. The Morgan fingerprint density at radius 1 is 1.16 bits per heavy atom. The minimum absolute atomic E-state index is 0. The fourth-order valence-corrected chi connectivity index (χ4v) is 4.30. The molecule has 0 saturated heterocycles. The number of nitrogen functional groups attached to an aromatic ring is 2. The number of ketones is 2. The van der Waals surface area contributed by atoms with E-state index >= 15 is 0 Å². The molecular weight excluding hydrogens is 575 g/mol. The minimum atomic E-state index is -0.269. The van der Waals surface area contributed by atoms with Crippen LogP contribution >= 0.6 is 0 Å². The van der Waals surface area contributed by atoms with Gasteiger partial charge in [0.15, 0.2) is 0 Å². The van der Waals surface area contributed by atoms with Crippen molar-refractivity contribution in [3.05, 3.63) is 94.3 Å². The lowest BCUT2D eigenvalue weighted by atomic mass is 10.0. The number of aromatic nitrogens is 1. The normalized spacial score (nSPS) is 10.0. The maximum Gasteiger partial charge on any atom is 0.269 e. The van der Waals surface area contributed by atoms with Gasteiger partial charge in [0.25, 0.3) is 1.45 Å². The number of nitrogens with one attached hydrogen (secondary N) is 3. The summed E-state index contributed by atoms with van der Waals surface area (Å²) in [7, 11) is 1.85. The standard InChI is InChI=1S/C25H30N6O2.C8H12O2.CH4.FH/c1-15(2)30-21-14-31(3)23(18-5-4-6-19(26)11-18)20(24(21)33)12-22(32)29-13-16-7-9-17(10-8-16)25(27)28;1-3-4-5-8(10)6-7(2)9;;/h4-11,14-15,30H,12-13,26H2,1-3H3,(H3,27,28)(H,29,32);3H,1,4-6H2,2H3;1H4;1H/i/hT. The summed E-state index contributed by atoms with van der Waals surface area (Å²) in [6.07, 6.45) is 4.55. The van der Waals surface area contributed by atoms with Gasteiger partial charge in [-0.15, -0.1) is 6.58 Å². The zero-order valence-corrected chi connectivity index (χ0v) is 25.7. The molecule has 7 N–H and O–H groups in total. The highest BCUT2D eigenvalue weighted by Crippen LogP contribution is 2.25. The van der Waals surface area contributed by atoms with Crippen LogP contribution in [0.25, 0.3) is 11.3 Å². The maximum atomic E-state index is 13.3. The van der Waals surface area contributed by atoms with Crippen molar-refractivity contribution in [3.63, 3.8) is 0 Å². The number of allylic oxidation sites excluding steroid dienone is 1. The van der Waals surface area contributed by atoms with Crippen LogP contribution in [0, 0.1) is 5.41 Å². The molecule has 0 unspecified atom stereocenters. The number of hydrogen-bond acceptors (Lipinski definition) is 7. The zero-order chi connectivity index (χ0) is 34.1. The van der Waals surface area contributed by atoms with E-state index in [0.29, 0.717) is 47.6 Å². The Morgan fingerprint density at radius 2 is 1.80 bits per heavy atom. The highest BCUT2D eigenvalue weighted by molar-refractivity contribution is 5.98. The van der Waals surface area contributed by atoms with E-state index in [9.17, 15) is 19.2 Å².